The zero-order valence-corrected chi connectivity index (χ0v) is 8.13. The molecule has 1 atom stereocenters. The van der Waals surface area contributed by atoms with Crippen molar-refractivity contribution in [3.63, 3.8) is 0 Å². The van der Waals surface area contributed by atoms with Gasteiger partial charge >= 0.3 is 5.97 Å². The fourth-order valence-electron chi connectivity index (χ4n) is 1.35. The maximum atomic E-state index is 10.4. The molecule has 0 fully saturated rings. The Labute approximate surface area is 74.3 Å². The fourth-order valence-corrected chi connectivity index (χ4v) is 1.35. The number of carbonyl (C=O) groups is 1. The van der Waals surface area contributed by atoms with Crippen LogP contribution < -0.4 is 0 Å². The Kier molecular flexibility index (Phi) is 4.01. The van der Waals surface area contributed by atoms with Crippen LogP contribution in [0, 0.1) is 11.3 Å². The topological polar surface area (TPSA) is 37.3 Å². The van der Waals surface area contributed by atoms with Crippen LogP contribution in [0.5, 0.6) is 0 Å². The van der Waals surface area contributed by atoms with Gasteiger partial charge in [-0.2, -0.15) is 0 Å². The molecule has 70 valence electrons. The summed E-state index contributed by atoms with van der Waals surface area (Å²) in [6, 6.07) is 0. The van der Waals surface area contributed by atoms with Gasteiger partial charge in [-0.3, -0.25) is 4.79 Å². The van der Waals surface area contributed by atoms with E-state index in [9.17, 15) is 4.79 Å². The molecule has 1 N–H and O–H groups in total. The minimum Gasteiger partial charge on any atom is -0.481 e. The summed E-state index contributed by atoms with van der Waals surface area (Å²) in [5.41, 5.74) is 0.0505. The first kappa shape index (κ1) is 11.2. The van der Waals surface area contributed by atoms with E-state index in [4.69, 9.17) is 5.11 Å². The van der Waals surface area contributed by atoms with E-state index in [2.05, 4.69) is 20.4 Å². The van der Waals surface area contributed by atoms with Gasteiger partial charge in [0.2, 0.25) is 0 Å². The van der Waals surface area contributed by atoms with E-state index < -0.39 is 5.97 Å². The maximum absolute atomic E-state index is 10.4. The predicted molar refractivity (Wildman–Crippen MR) is 50.0 cm³/mol. The molecular formula is C10H18O2. The second-order valence-corrected chi connectivity index (χ2v) is 4.10. The number of carboxylic acid groups (broad SMARTS) is 1. The third kappa shape index (κ3) is 4.94. The van der Waals surface area contributed by atoms with Gasteiger partial charge in [0, 0.05) is 6.42 Å². The van der Waals surface area contributed by atoms with Gasteiger partial charge in [0.1, 0.15) is 0 Å². The van der Waals surface area contributed by atoms with Crippen molar-refractivity contribution in [2.75, 3.05) is 0 Å². The molecule has 0 bridgehead atoms. The van der Waals surface area contributed by atoms with Crippen LogP contribution in [0.25, 0.3) is 0 Å². The van der Waals surface area contributed by atoms with Gasteiger partial charge in [0.25, 0.3) is 0 Å². The monoisotopic (exact) mass is 170 g/mol. The quantitative estimate of drug-likeness (QED) is 0.644. The highest BCUT2D eigenvalue weighted by Gasteiger charge is 2.18. The molecule has 0 heterocycles. The summed E-state index contributed by atoms with van der Waals surface area (Å²) in [4.78, 5) is 10.4. The average Bonchev–Trinajstić information content (AvgIpc) is 1.84. The van der Waals surface area contributed by atoms with E-state index in [1.807, 2.05) is 13.0 Å². The minimum absolute atomic E-state index is 0.0505. The van der Waals surface area contributed by atoms with E-state index in [1.165, 1.54) is 0 Å². The molecule has 0 aliphatic carbocycles. The molecule has 12 heavy (non-hydrogen) atoms. The fraction of sp³-hybridized carbons (Fsp3) is 0.700. The number of allylic oxidation sites excluding steroid dienone is 1. The third-order valence-corrected chi connectivity index (χ3v) is 1.95. The van der Waals surface area contributed by atoms with E-state index in [-0.39, 0.29) is 17.8 Å². The van der Waals surface area contributed by atoms with Gasteiger partial charge in [0.05, 0.1) is 0 Å². The van der Waals surface area contributed by atoms with Gasteiger partial charge in [-0.05, 0) is 17.8 Å². The Bertz CT molecular complexity index is 171. The second-order valence-electron chi connectivity index (χ2n) is 4.10. The van der Waals surface area contributed by atoms with Crippen molar-refractivity contribution in [2.45, 2.75) is 33.6 Å². The van der Waals surface area contributed by atoms with Crippen molar-refractivity contribution in [2.24, 2.45) is 11.3 Å². The van der Waals surface area contributed by atoms with Crippen molar-refractivity contribution in [3.8, 4) is 0 Å². The van der Waals surface area contributed by atoms with Gasteiger partial charge < -0.3 is 5.11 Å². The van der Waals surface area contributed by atoms with Crippen LogP contribution in [-0.4, -0.2) is 11.1 Å². The molecule has 0 saturated heterocycles. The zero-order chi connectivity index (χ0) is 9.78. The van der Waals surface area contributed by atoms with E-state index >= 15 is 0 Å². The van der Waals surface area contributed by atoms with Crippen molar-refractivity contribution in [3.05, 3.63) is 12.7 Å². The van der Waals surface area contributed by atoms with Crippen molar-refractivity contribution >= 4 is 5.97 Å². The van der Waals surface area contributed by atoms with Crippen LogP contribution in [0.4, 0.5) is 0 Å². The van der Waals surface area contributed by atoms with Gasteiger partial charge in [0.15, 0.2) is 0 Å². The number of rotatable bonds is 5. The van der Waals surface area contributed by atoms with Gasteiger partial charge in [-0.15, -0.1) is 6.58 Å². The van der Waals surface area contributed by atoms with E-state index in [0.717, 1.165) is 6.42 Å². The van der Waals surface area contributed by atoms with Crippen LogP contribution >= 0.6 is 0 Å². The summed E-state index contributed by atoms with van der Waals surface area (Å²) in [6.07, 6.45) is 3.01. The van der Waals surface area contributed by atoms with Gasteiger partial charge in [-0.25, -0.2) is 0 Å². The van der Waals surface area contributed by atoms with Crippen LogP contribution in [-0.2, 0) is 4.79 Å². The molecule has 0 rings (SSSR count). The molecule has 0 aliphatic heterocycles. The minimum atomic E-state index is -0.720. The van der Waals surface area contributed by atoms with Crippen molar-refractivity contribution < 1.29 is 9.90 Å². The summed E-state index contributed by atoms with van der Waals surface area (Å²) in [5, 5.41) is 8.53. The molecule has 0 radical (unpaired) electrons. The Morgan fingerprint density at radius 2 is 2.17 bits per heavy atom. The van der Waals surface area contributed by atoms with Crippen molar-refractivity contribution in [1.29, 1.82) is 0 Å². The average molecular weight is 170 g/mol. The number of hydrogen-bond acceptors (Lipinski definition) is 1. The zero-order valence-electron chi connectivity index (χ0n) is 8.13. The first-order valence-corrected chi connectivity index (χ1v) is 4.23. The SMILES string of the molecule is C=CC(C)(C)CC(C)CC(=O)O. The Morgan fingerprint density at radius 3 is 2.50 bits per heavy atom. The van der Waals surface area contributed by atoms with Crippen LogP contribution in [0.2, 0.25) is 0 Å². The molecule has 0 saturated carbocycles. The summed E-state index contributed by atoms with van der Waals surface area (Å²) < 4.78 is 0. The number of aliphatic carboxylic acids is 1. The third-order valence-electron chi connectivity index (χ3n) is 1.95. The summed E-state index contributed by atoms with van der Waals surface area (Å²) in [5.74, 6) is -0.502. The van der Waals surface area contributed by atoms with Crippen LogP contribution in [0.3, 0.4) is 0 Å². The predicted octanol–water partition coefficient (Wildman–Crippen LogP) is 2.70. The Balaban J connectivity index is 3.91. The molecular weight excluding hydrogens is 152 g/mol. The molecule has 1 unspecified atom stereocenters. The van der Waals surface area contributed by atoms with Crippen molar-refractivity contribution in [1.82, 2.24) is 0 Å². The number of carboxylic acids is 1. The lowest BCUT2D eigenvalue weighted by Crippen LogP contribution is -2.14. The molecule has 0 aromatic heterocycles. The maximum Gasteiger partial charge on any atom is 0.303 e. The molecule has 0 aromatic rings. The van der Waals surface area contributed by atoms with E-state index in [0.29, 0.717) is 0 Å². The molecule has 0 amide bonds. The highest BCUT2D eigenvalue weighted by atomic mass is 16.4. The lowest BCUT2D eigenvalue weighted by Gasteiger charge is -2.23. The second kappa shape index (κ2) is 4.29. The molecule has 0 aromatic carbocycles. The smallest absolute Gasteiger partial charge is 0.303 e. The normalized spacial score (nSPS) is 13.9. The Hall–Kier alpha value is -0.790. The lowest BCUT2D eigenvalue weighted by molar-refractivity contribution is -0.138. The highest BCUT2D eigenvalue weighted by molar-refractivity contribution is 5.66. The molecule has 0 spiro atoms. The van der Waals surface area contributed by atoms with E-state index in [1.54, 1.807) is 0 Å². The molecule has 0 aliphatic rings. The first-order valence-electron chi connectivity index (χ1n) is 4.23. The Morgan fingerprint density at radius 1 is 1.67 bits per heavy atom. The largest absolute Gasteiger partial charge is 0.481 e. The summed E-state index contributed by atoms with van der Waals surface area (Å²) in [7, 11) is 0. The first-order chi connectivity index (χ1) is 5.37. The highest BCUT2D eigenvalue weighted by Crippen LogP contribution is 2.27. The molecule has 2 heteroatoms. The van der Waals surface area contributed by atoms with Crippen LogP contribution in [0.15, 0.2) is 12.7 Å². The summed E-state index contributed by atoms with van der Waals surface area (Å²) in [6.45, 7) is 9.81. The standard InChI is InChI=1S/C10H18O2/c1-5-10(3,4)7-8(2)6-9(11)12/h5,8H,1,6-7H2,2-4H3,(H,11,12). The van der Waals surface area contributed by atoms with Gasteiger partial charge in [-0.1, -0.05) is 26.8 Å². The van der Waals surface area contributed by atoms with Crippen LogP contribution in [0.1, 0.15) is 33.6 Å². The lowest BCUT2D eigenvalue weighted by atomic mass is 9.82. The number of hydrogen-bond donors (Lipinski definition) is 1. The summed E-state index contributed by atoms with van der Waals surface area (Å²) >= 11 is 0. The molecule has 2 nitrogen and oxygen atoms in total.